The van der Waals surface area contributed by atoms with Crippen LogP contribution in [0.2, 0.25) is 0 Å². The van der Waals surface area contributed by atoms with Gasteiger partial charge in [-0.05, 0) is 37.5 Å². The van der Waals surface area contributed by atoms with Gasteiger partial charge in [0, 0.05) is 28.3 Å². The van der Waals surface area contributed by atoms with E-state index in [0.717, 1.165) is 28.6 Å². The summed E-state index contributed by atoms with van der Waals surface area (Å²) in [6.07, 6.45) is 3.53. The number of nitrogens with one attached hydrogen (secondary N) is 1. The predicted octanol–water partition coefficient (Wildman–Crippen LogP) is 2.08. The lowest BCUT2D eigenvalue weighted by atomic mass is 9.90. The fourth-order valence-corrected chi connectivity index (χ4v) is 2.64. The van der Waals surface area contributed by atoms with E-state index in [9.17, 15) is 5.11 Å². The average molecular weight is 312 g/mol. The lowest BCUT2D eigenvalue weighted by Crippen LogP contribution is -2.42. The van der Waals surface area contributed by atoms with Crippen LogP contribution < -0.4 is 10.6 Å². The first-order valence-corrected chi connectivity index (χ1v) is 6.94. The van der Waals surface area contributed by atoms with Gasteiger partial charge in [0.1, 0.15) is 5.84 Å². The molecule has 4 N–H and O–H groups in total. The Labute approximate surface area is 115 Å². The molecule has 5 heteroatoms. The number of aliphatic hydroxyl groups excluding tert-OH is 1. The van der Waals surface area contributed by atoms with Crippen molar-refractivity contribution in [3.05, 3.63) is 28.2 Å². The van der Waals surface area contributed by atoms with Crippen LogP contribution in [0.5, 0.6) is 0 Å². The molecule has 0 spiro atoms. The number of rotatable bonds is 5. The van der Waals surface area contributed by atoms with Gasteiger partial charge in [-0.1, -0.05) is 15.9 Å². The first-order chi connectivity index (χ1) is 8.63. The van der Waals surface area contributed by atoms with E-state index in [2.05, 4.69) is 20.8 Å². The van der Waals surface area contributed by atoms with Crippen molar-refractivity contribution < 1.29 is 5.11 Å². The van der Waals surface area contributed by atoms with Crippen molar-refractivity contribution in [1.29, 1.82) is 5.41 Å². The van der Waals surface area contributed by atoms with Crippen molar-refractivity contribution in [3.8, 4) is 0 Å². The summed E-state index contributed by atoms with van der Waals surface area (Å²) in [5.41, 5.74) is 7.33. The quantitative estimate of drug-likeness (QED) is 0.576. The summed E-state index contributed by atoms with van der Waals surface area (Å²) in [6.45, 7) is 0.705. The molecule has 1 aliphatic rings. The molecule has 0 heterocycles. The van der Waals surface area contributed by atoms with Crippen LogP contribution in [0.3, 0.4) is 0 Å². The molecule has 1 saturated carbocycles. The fourth-order valence-electron chi connectivity index (χ4n) is 2.28. The van der Waals surface area contributed by atoms with Crippen LogP contribution in [-0.4, -0.2) is 30.1 Å². The molecule has 1 fully saturated rings. The minimum absolute atomic E-state index is 0.0635. The van der Waals surface area contributed by atoms with Gasteiger partial charge < -0.3 is 15.7 Å². The molecule has 0 atom stereocenters. The second kappa shape index (κ2) is 5.71. The van der Waals surface area contributed by atoms with E-state index < -0.39 is 0 Å². The Morgan fingerprint density at radius 2 is 2.22 bits per heavy atom. The summed E-state index contributed by atoms with van der Waals surface area (Å²) in [7, 11) is 0. The number of aliphatic hydroxyl groups is 1. The molecule has 1 aromatic rings. The number of nitrogens with zero attached hydrogens (tertiary/aromatic N) is 1. The van der Waals surface area contributed by atoms with E-state index in [1.165, 1.54) is 6.42 Å². The first-order valence-electron chi connectivity index (χ1n) is 6.15. The normalized spacial score (nSPS) is 15.2. The highest BCUT2D eigenvalue weighted by Crippen LogP contribution is 2.32. The second-order valence-electron chi connectivity index (χ2n) is 4.58. The van der Waals surface area contributed by atoms with Crippen molar-refractivity contribution >= 4 is 27.5 Å². The van der Waals surface area contributed by atoms with Gasteiger partial charge in [0.05, 0.1) is 6.61 Å². The molecule has 1 aromatic carbocycles. The highest BCUT2D eigenvalue weighted by molar-refractivity contribution is 9.10. The molecule has 4 nitrogen and oxygen atoms in total. The molecule has 98 valence electrons. The predicted molar refractivity (Wildman–Crippen MR) is 77.2 cm³/mol. The summed E-state index contributed by atoms with van der Waals surface area (Å²) in [4.78, 5) is 2.17. The van der Waals surface area contributed by atoms with Crippen molar-refractivity contribution in [2.45, 2.75) is 25.3 Å². The number of hydrogen-bond donors (Lipinski definition) is 3. The second-order valence-corrected chi connectivity index (χ2v) is 5.49. The number of nitrogens with two attached hydrogens (primary N) is 1. The number of amidine groups is 1. The largest absolute Gasteiger partial charge is 0.395 e. The van der Waals surface area contributed by atoms with E-state index in [1.54, 1.807) is 0 Å². The standard InChI is InChI=1S/C13H18BrN3O/c14-9-4-5-12(11(8-9)13(15)16)17(6-7-18)10-2-1-3-10/h4-5,8,10,18H,1-3,6-7H2,(H3,15,16). The molecule has 0 saturated heterocycles. The van der Waals surface area contributed by atoms with E-state index in [0.29, 0.717) is 12.6 Å². The van der Waals surface area contributed by atoms with Crippen LogP contribution in [-0.2, 0) is 0 Å². The Kier molecular flexibility index (Phi) is 4.24. The van der Waals surface area contributed by atoms with Crippen LogP contribution in [0, 0.1) is 5.41 Å². The lowest BCUT2D eigenvalue weighted by molar-refractivity contribution is 0.283. The molecule has 0 amide bonds. The maximum atomic E-state index is 9.21. The summed E-state index contributed by atoms with van der Waals surface area (Å²) in [6, 6.07) is 6.25. The minimum Gasteiger partial charge on any atom is -0.395 e. The number of anilines is 1. The highest BCUT2D eigenvalue weighted by Gasteiger charge is 2.26. The molecule has 1 aliphatic carbocycles. The average Bonchev–Trinajstić information content (AvgIpc) is 2.26. The Balaban J connectivity index is 2.36. The van der Waals surface area contributed by atoms with Crippen molar-refractivity contribution in [1.82, 2.24) is 0 Å². The van der Waals surface area contributed by atoms with E-state index in [-0.39, 0.29) is 12.4 Å². The third-order valence-corrected chi connectivity index (χ3v) is 3.91. The van der Waals surface area contributed by atoms with Crippen LogP contribution in [0.4, 0.5) is 5.69 Å². The molecule has 2 rings (SSSR count). The van der Waals surface area contributed by atoms with E-state index in [4.69, 9.17) is 11.1 Å². The molecular formula is C13H18BrN3O. The third-order valence-electron chi connectivity index (χ3n) is 3.41. The topological polar surface area (TPSA) is 73.3 Å². The SMILES string of the molecule is N=C(N)c1cc(Br)ccc1N(CCO)C1CCC1. The molecule has 0 aromatic heterocycles. The maximum Gasteiger partial charge on any atom is 0.124 e. The van der Waals surface area contributed by atoms with Crippen LogP contribution in [0.15, 0.2) is 22.7 Å². The molecule has 0 bridgehead atoms. The zero-order valence-electron chi connectivity index (χ0n) is 10.2. The summed E-state index contributed by atoms with van der Waals surface area (Å²) < 4.78 is 0.911. The number of halogens is 1. The van der Waals surface area contributed by atoms with Gasteiger partial charge in [-0.25, -0.2) is 0 Å². The monoisotopic (exact) mass is 311 g/mol. The number of hydrogen-bond acceptors (Lipinski definition) is 3. The molecule has 18 heavy (non-hydrogen) atoms. The smallest absolute Gasteiger partial charge is 0.124 e. The molecular weight excluding hydrogens is 294 g/mol. The first kappa shape index (κ1) is 13.4. The Morgan fingerprint density at radius 3 is 2.72 bits per heavy atom. The van der Waals surface area contributed by atoms with E-state index >= 15 is 0 Å². The number of nitrogen functional groups attached to an aromatic ring is 1. The summed E-state index contributed by atoms with van der Waals surface area (Å²) >= 11 is 3.40. The highest BCUT2D eigenvalue weighted by atomic mass is 79.9. The maximum absolute atomic E-state index is 9.21. The Hall–Kier alpha value is -1.07. The van der Waals surface area contributed by atoms with Gasteiger partial charge in [-0.2, -0.15) is 0 Å². The van der Waals surface area contributed by atoms with Gasteiger partial charge in [-0.15, -0.1) is 0 Å². The summed E-state index contributed by atoms with van der Waals surface area (Å²) in [5, 5.41) is 16.9. The van der Waals surface area contributed by atoms with Gasteiger partial charge in [0.25, 0.3) is 0 Å². The Morgan fingerprint density at radius 1 is 1.50 bits per heavy atom. The van der Waals surface area contributed by atoms with Gasteiger partial charge in [-0.3, -0.25) is 5.41 Å². The van der Waals surface area contributed by atoms with Crippen molar-refractivity contribution in [2.75, 3.05) is 18.1 Å². The Bertz CT molecular complexity index is 446. The van der Waals surface area contributed by atoms with Crippen LogP contribution in [0.25, 0.3) is 0 Å². The van der Waals surface area contributed by atoms with Gasteiger partial charge in [0.2, 0.25) is 0 Å². The fraction of sp³-hybridized carbons (Fsp3) is 0.462. The lowest BCUT2D eigenvalue weighted by Gasteiger charge is -2.39. The molecule has 0 radical (unpaired) electrons. The molecule has 0 unspecified atom stereocenters. The van der Waals surface area contributed by atoms with Crippen molar-refractivity contribution in [3.63, 3.8) is 0 Å². The van der Waals surface area contributed by atoms with Crippen LogP contribution in [0.1, 0.15) is 24.8 Å². The van der Waals surface area contributed by atoms with Gasteiger partial charge in [0.15, 0.2) is 0 Å². The minimum atomic E-state index is 0.0635. The van der Waals surface area contributed by atoms with E-state index in [1.807, 2.05) is 18.2 Å². The van der Waals surface area contributed by atoms with Gasteiger partial charge >= 0.3 is 0 Å². The van der Waals surface area contributed by atoms with Crippen molar-refractivity contribution in [2.24, 2.45) is 5.73 Å². The zero-order chi connectivity index (χ0) is 13.1. The summed E-state index contributed by atoms with van der Waals surface area (Å²) in [5.74, 6) is 0.0635. The molecule has 0 aliphatic heterocycles. The van der Waals surface area contributed by atoms with Crippen LogP contribution >= 0.6 is 15.9 Å². The number of benzene rings is 1. The third kappa shape index (κ3) is 2.67. The zero-order valence-corrected chi connectivity index (χ0v) is 11.8.